The van der Waals surface area contributed by atoms with Crippen molar-refractivity contribution in [2.75, 3.05) is 6.54 Å². The first kappa shape index (κ1) is 15.5. The van der Waals surface area contributed by atoms with Gasteiger partial charge in [0.05, 0.1) is 18.4 Å². The summed E-state index contributed by atoms with van der Waals surface area (Å²) < 4.78 is 0. The minimum absolute atomic E-state index is 0.294. The summed E-state index contributed by atoms with van der Waals surface area (Å²) in [4.78, 5) is 47.7. The minimum atomic E-state index is -1.26. The van der Waals surface area contributed by atoms with E-state index in [-0.39, 0.29) is 30.2 Å². The molecule has 2 N–H and O–H groups in total. The molecule has 0 aromatic carbocycles. The molecule has 0 spiro atoms. The smallest absolute Gasteiger partial charge is 0.328 e. The highest BCUT2D eigenvalue weighted by molar-refractivity contribution is 6.06. The standard InChI is InChI=1S/C14H20N2O5/c1-3-8-4-9-10(5-8)13(19)16(12(9)18)6-11(14(20)21)15-7(2)17/h8-11H,3-6H2,1-2H3,(H,15,17)(H,20,21). The lowest BCUT2D eigenvalue weighted by atomic mass is 10.00. The maximum atomic E-state index is 12.3. The van der Waals surface area contributed by atoms with E-state index in [4.69, 9.17) is 5.11 Å². The Bertz CT molecular complexity index is 466. The van der Waals surface area contributed by atoms with Crippen LogP contribution in [-0.4, -0.2) is 46.3 Å². The van der Waals surface area contributed by atoms with Crippen molar-refractivity contribution < 1.29 is 24.3 Å². The van der Waals surface area contributed by atoms with E-state index in [1.165, 1.54) is 6.92 Å². The number of carbonyl (C=O) groups is 4. The van der Waals surface area contributed by atoms with Crippen LogP contribution in [0.5, 0.6) is 0 Å². The molecule has 1 aliphatic carbocycles. The summed E-state index contributed by atoms with van der Waals surface area (Å²) in [6.45, 7) is 2.94. The lowest BCUT2D eigenvalue weighted by Crippen LogP contribution is -2.49. The Morgan fingerprint density at radius 1 is 1.29 bits per heavy atom. The number of imide groups is 1. The van der Waals surface area contributed by atoms with E-state index in [1.807, 2.05) is 6.92 Å². The van der Waals surface area contributed by atoms with Crippen LogP contribution >= 0.6 is 0 Å². The maximum absolute atomic E-state index is 12.3. The summed E-state index contributed by atoms with van der Waals surface area (Å²) in [5.74, 6) is -2.58. The quantitative estimate of drug-likeness (QED) is 0.695. The molecule has 1 aliphatic heterocycles. The Balaban J connectivity index is 2.08. The number of aliphatic carboxylic acids is 1. The summed E-state index contributed by atoms with van der Waals surface area (Å²) in [6, 6.07) is -1.25. The van der Waals surface area contributed by atoms with E-state index in [0.29, 0.717) is 18.8 Å². The first-order valence-electron chi connectivity index (χ1n) is 7.20. The fourth-order valence-corrected chi connectivity index (χ4v) is 3.32. The third-order valence-electron chi connectivity index (χ3n) is 4.44. The maximum Gasteiger partial charge on any atom is 0.328 e. The van der Waals surface area contributed by atoms with Gasteiger partial charge in [-0.05, 0) is 18.8 Å². The van der Waals surface area contributed by atoms with E-state index in [9.17, 15) is 19.2 Å². The zero-order valence-electron chi connectivity index (χ0n) is 12.2. The minimum Gasteiger partial charge on any atom is -0.480 e. The normalized spacial score (nSPS) is 29.4. The zero-order valence-corrected chi connectivity index (χ0v) is 12.2. The third kappa shape index (κ3) is 2.91. The summed E-state index contributed by atoms with van der Waals surface area (Å²) in [7, 11) is 0. The molecule has 7 nitrogen and oxygen atoms in total. The molecule has 0 aromatic rings. The molecule has 2 rings (SSSR count). The number of hydrogen-bond donors (Lipinski definition) is 2. The van der Waals surface area contributed by atoms with Crippen molar-refractivity contribution in [1.82, 2.24) is 10.2 Å². The predicted molar refractivity (Wildman–Crippen MR) is 72.0 cm³/mol. The van der Waals surface area contributed by atoms with Gasteiger partial charge in [0.1, 0.15) is 6.04 Å². The number of nitrogens with one attached hydrogen (secondary N) is 1. The van der Waals surface area contributed by atoms with Gasteiger partial charge in [0.25, 0.3) is 0 Å². The van der Waals surface area contributed by atoms with Gasteiger partial charge in [-0.1, -0.05) is 13.3 Å². The van der Waals surface area contributed by atoms with Gasteiger partial charge in [-0.25, -0.2) is 4.79 Å². The molecule has 2 fully saturated rings. The van der Waals surface area contributed by atoms with E-state index in [2.05, 4.69) is 5.32 Å². The number of carboxylic acid groups (broad SMARTS) is 1. The van der Waals surface area contributed by atoms with E-state index >= 15 is 0 Å². The Kier molecular flexibility index (Phi) is 4.29. The van der Waals surface area contributed by atoms with Crippen molar-refractivity contribution >= 4 is 23.7 Å². The van der Waals surface area contributed by atoms with Gasteiger partial charge < -0.3 is 10.4 Å². The summed E-state index contributed by atoms with van der Waals surface area (Å²) in [5.41, 5.74) is 0. The van der Waals surface area contributed by atoms with Crippen LogP contribution in [0.3, 0.4) is 0 Å². The average molecular weight is 296 g/mol. The van der Waals surface area contributed by atoms with Crippen LogP contribution in [0, 0.1) is 17.8 Å². The number of carbonyl (C=O) groups excluding carboxylic acids is 3. The molecule has 2 aliphatic rings. The highest BCUT2D eigenvalue weighted by Gasteiger charge is 2.52. The Morgan fingerprint density at radius 2 is 1.81 bits per heavy atom. The lowest BCUT2D eigenvalue weighted by Gasteiger charge is -2.21. The molecule has 1 heterocycles. The molecule has 1 saturated heterocycles. The first-order valence-corrected chi connectivity index (χ1v) is 7.20. The molecule has 3 atom stereocenters. The second-order valence-electron chi connectivity index (χ2n) is 5.84. The van der Waals surface area contributed by atoms with Crippen LogP contribution in [0.2, 0.25) is 0 Å². The van der Waals surface area contributed by atoms with Crippen LogP contribution in [0.25, 0.3) is 0 Å². The number of carboxylic acids is 1. The molecule has 1 saturated carbocycles. The molecule has 3 amide bonds. The number of amides is 3. The fourth-order valence-electron chi connectivity index (χ4n) is 3.32. The van der Waals surface area contributed by atoms with Crippen molar-refractivity contribution in [3.8, 4) is 0 Å². The van der Waals surface area contributed by atoms with Crippen molar-refractivity contribution in [2.24, 2.45) is 17.8 Å². The second-order valence-corrected chi connectivity index (χ2v) is 5.84. The molecule has 3 unspecified atom stereocenters. The SMILES string of the molecule is CCC1CC2C(=O)N(CC(NC(C)=O)C(=O)O)C(=O)C2C1. The molecule has 0 radical (unpaired) electrons. The average Bonchev–Trinajstić information content (AvgIpc) is 2.92. The zero-order chi connectivity index (χ0) is 15.7. The highest BCUT2D eigenvalue weighted by atomic mass is 16.4. The van der Waals surface area contributed by atoms with Gasteiger partial charge in [0.15, 0.2) is 0 Å². The number of hydrogen-bond acceptors (Lipinski definition) is 4. The largest absolute Gasteiger partial charge is 0.480 e. The summed E-state index contributed by atoms with van der Waals surface area (Å²) in [6.07, 6.45) is 2.33. The van der Waals surface area contributed by atoms with E-state index < -0.39 is 17.9 Å². The van der Waals surface area contributed by atoms with Crippen molar-refractivity contribution in [3.63, 3.8) is 0 Å². The van der Waals surface area contributed by atoms with Crippen LogP contribution in [-0.2, 0) is 19.2 Å². The fraction of sp³-hybridized carbons (Fsp3) is 0.714. The van der Waals surface area contributed by atoms with Gasteiger partial charge >= 0.3 is 5.97 Å². The number of rotatable bonds is 5. The van der Waals surface area contributed by atoms with Crippen LogP contribution in [0.1, 0.15) is 33.1 Å². The van der Waals surface area contributed by atoms with Crippen LogP contribution in [0.4, 0.5) is 0 Å². The number of fused-ring (bicyclic) bond motifs is 1. The van der Waals surface area contributed by atoms with E-state index in [0.717, 1.165) is 11.3 Å². The molecular formula is C14H20N2O5. The highest BCUT2D eigenvalue weighted by Crippen LogP contribution is 2.44. The van der Waals surface area contributed by atoms with Gasteiger partial charge in [-0.2, -0.15) is 0 Å². The van der Waals surface area contributed by atoms with Crippen LogP contribution in [0.15, 0.2) is 0 Å². The Labute approximate surface area is 122 Å². The third-order valence-corrected chi connectivity index (χ3v) is 4.44. The molecule has 21 heavy (non-hydrogen) atoms. The van der Waals surface area contributed by atoms with Gasteiger partial charge in [-0.15, -0.1) is 0 Å². The topological polar surface area (TPSA) is 104 Å². The second kappa shape index (κ2) is 5.83. The number of likely N-dealkylation sites (tertiary alicyclic amines) is 1. The molecule has 0 bridgehead atoms. The molecular weight excluding hydrogens is 276 g/mol. The molecule has 7 heteroatoms. The van der Waals surface area contributed by atoms with Gasteiger partial charge in [0, 0.05) is 6.92 Å². The predicted octanol–water partition coefficient (Wildman–Crippen LogP) is -0.00310. The van der Waals surface area contributed by atoms with Gasteiger partial charge in [0.2, 0.25) is 17.7 Å². The van der Waals surface area contributed by atoms with Crippen molar-refractivity contribution in [2.45, 2.75) is 39.2 Å². The van der Waals surface area contributed by atoms with Crippen LogP contribution < -0.4 is 5.32 Å². The summed E-state index contributed by atoms with van der Waals surface area (Å²) >= 11 is 0. The number of nitrogens with zero attached hydrogens (tertiary/aromatic N) is 1. The Hall–Kier alpha value is -1.92. The van der Waals surface area contributed by atoms with Gasteiger partial charge in [-0.3, -0.25) is 19.3 Å². The first-order chi connectivity index (χ1) is 9.85. The molecule has 0 aromatic heterocycles. The van der Waals surface area contributed by atoms with Crippen molar-refractivity contribution in [3.05, 3.63) is 0 Å². The van der Waals surface area contributed by atoms with E-state index in [1.54, 1.807) is 0 Å². The summed E-state index contributed by atoms with van der Waals surface area (Å²) in [5, 5.41) is 11.3. The Morgan fingerprint density at radius 3 is 2.19 bits per heavy atom. The van der Waals surface area contributed by atoms with Crippen molar-refractivity contribution in [1.29, 1.82) is 0 Å². The lowest BCUT2D eigenvalue weighted by molar-refractivity contribution is -0.146. The monoisotopic (exact) mass is 296 g/mol. The molecule has 116 valence electrons.